The first-order valence-corrected chi connectivity index (χ1v) is 9.42. The lowest BCUT2D eigenvalue weighted by Gasteiger charge is -2.27. The predicted molar refractivity (Wildman–Crippen MR) is 99.7 cm³/mol. The van der Waals surface area contributed by atoms with Crippen molar-refractivity contribution in [1.82, 2.24) is 9.80 Å². The van der Waals surface area contributed by atoms with Crippen LogP contribution in [0.4, 0.5) is 5.69 Å². The molecule has 1 aliphatic carbocycles. The topological polar surface area (TPSA) is 60.9 Å². The van der Waals surface area contributed by atoms with Crippen LogP contribution in [-0.2, 0) is 14.4 Å². The van der Waals surface area contributed by atoms with Gasteiger partial charge in [0, 0.05) is 22.7 Å². The fourth-order valence-corrected chi connectivity index (χ4v) is 3.25. The highest BCUT2D eigenvalue weighted by atomic mass is 35.5. The molecule has 0 spiro atoms. The van der Waals surface area contributed by atoms with Gasteiger partial charge in [-0.1, -0.05) is 31.5 Å². The number of hydrogen-bond acceptors (Lipinski definition) is 3. The second-order valence-corrected chi connectivity index (χ2v) is 7.48. The molecule has 1 saturated carbocycles. The second-order valence-electron chi connectivity index (χ2n) is 7.04. The van der Waals surface area contributed by atoms with Crippen molar-refractivity contribution in [3.63, 3.8) is 0 Å². The van der Waals surface area contributed by atoms with E-state index < -0.39 is 0 Å². The van der Waals surface area contributed by atoms with Crippen LogP contribution < -0.4 is 4.90 Å². The van der Waals surface area contributed by atoms with E-state index in [0.29, 0.717) is 10.7 Å². The van der Waals surface area contributed by atoms with Gasteiger partial charge in [-0.15, -0.1) is 0 Å². The summed E-state index contributed by atoms with van der Waals surface area (Å²) in [5.41, 5.74) is 0.674. The van der Waals surface area contributed by atoms with Gasteiger partial charge in [0.25, 0.3) is 0 Å². The van der Waals surface area contributed by atoms with E-state index >= 15 is 0 Å². The highest BCUT2D eigenvalue weighted by Crippen LogP contribution is 2.29. The van der Waals surface area contributed by atoms with E-state index in [1.54, 1.807) is 34.1 Å². The standard InChI is InChI=1S/C19H24ClN3O3/c1-3-13(2)19(26)22(15-7-8-15)11-17(24)21-10-18(25)23(12-21)16-6-4-5-14(20)9-16/h4-6,9,13,15H,3,7-8,10-12H2,1-2H3/t13-/m0/s1. The Hall–Kier alpha value is -2.08. The van der Waals surface area contributed by atoms with E-state index in [4.69, 9.17) is 11.6 Å². The molecule has 3 amide bonds. The average Bonchev–Trinajstić information content (AvgIpc) is 3.39. The summed E-state index contributed by atoms with van der Waals surface area (Å²) in [6.07, 6.45) is 2.65. The molecule has 0 bridgehead atoms. The van der Waals surface area contributed by atoms with Crippen LogP contribution in [0.1, 0.15) is 33.1 Å². The van der Waals surface area contributed by atoms with Gasteiger partial charge in [0.1, 0.15) is 19.8 Å². The summed E-state index contributed by atoms with van der Waals surface area (Å²) in [6, 6.07) is 7.18. The number of halogens is 1. The van der Waals surface area contributed by atoms with Crippen molar-refractivity contribution in [2.24, 2.45) is 5.92 Å². The Morgan fingerprint density at radius 2 is 2.08 bits per heavy atom. The van der Waals surface area contributed by atoms with E-state index in [1.165, 1.54) is 4.90 Å². The third kappa shape index (κ3) is 4.01. The van der Waals surface area contributed by atoms with Crippen LogP contribution in [0.25, 0.3) is 0 Å². The van der Waals surface area contributed by atoms with Crippen molar-refractivity contribution >= 4 is 35.0 Å². The molecule has 0 radical (unpaired) electrons. The monoisotopic (exact) mass is 377 g/mol. The number of hydrogen-bond donors (Lipinski definition) is 0. The molecule has 3 rings (SSSR count). The zero-order chi connectivity index (χ0) is 18.8. The molecule has 2 fully saturated rings. The molecule has 1 atom stereocenters. The van der Waals surface area contributed by atoms with Crippen LogP contribution in [-0.4, -0.2) is 53.3 Å². The summed E-state index contributed by atoms with van der Waals surface area (Å²) in [7, 11) is 0. The lowest BCUT2D eigenvalue weighted by molar-refractivity contribution is -0.143. The van der Waals surface area contributed by atoms with Crippen LogP contribution in [0.15, 0.2) is 24.3 Å². The van der Waals surface area contributed by atoms with Crippen molar-refractivity contribution in [2.75, 3.05) is 24.7 Å². The first-order chi connectivity index (χ1) is 12.4. The van der Waals surface area contributed by atoms with Crippen molar-refractivity contribution < 1.29 is 14.4 Å². The zero-order valence-corrected chi connectivity index (χ0v) is 15.9. The van der Waals surface area contributed by atoms with Crippen LogP contribution in [0.3, 0.4) is 0 Å². The van der Waals surface area contributed by atoms with Gasteiger partial charge in [-0.3, -0.25) is 19.3 Å². The lowest BCUT2D eigenvalue weighted by atomic mass is 10.1. The first kappa shape index (κ1) is 18.7. The van der Waals surface area contributed by atoms with Gasteiger partial charge in [-0.25, -0.2) is 0 Å². The Labute approximate surface area is 158 Å². The van der Waals surface area contributed by atoms with Crippen molar-refractivity contribution in [3.05, 3.63) is 29.3 Å². The largest absolute Gasteiger partial charge is 0.330 e. The van der Waals surface area contributed by atoms with Crippen LogP contribution in [0.2, 0.25) is 5.02 Å². The maximum atomic E-state index is 12.7. The van der Waals surface area contributed by atoms with E-state index in [9.17, 15) is 14.4 Å². The van der Waals surface area contributed by atoms with E-state index in [2.05, 4.69) is 0 Å². The van der Waals surface area contributed by atoms with Gasteiger partial charge >= 0.3 is 0 Å². The van der Waals surface area contributed by atoms with E-state index in [1.807, 2.05) is 13.8 Å². The van der Waals surface area contributed by atoms with Gasteiger partial charge in [-0.05, 0) is 37.5 Å². The lowest BCUT2D eigenvalue weighted by Crippen LogP contribution is -2.45. The Kier molecular flexibility index (Phi) is 5.51. The average molecular weight is 378 g/mol. The molecule has 0 aromatic heterocycles. The summed E-state index contributed by atoms with van der Waals surface area (Å²) in [5.74, 6) is -0.398. The Morgan fingerprint density at radius 1 is 1.35 bits per heavy atom. The van der Waals surface area contributed by atoms with Gasteiger partial charge in [0.15, 0.2) is 0 Å². The van der Waals surface area contributed by atoms with E-state index in [0.717, 1.165) is 19.3 Å². The number of nitrogens with zero attached hydrogens (tertiary/aromatic N) is 3. The molecule has 2 aliphatic rings. The molecule has 1 aliphatic heterocycles. The van der Waals surface area contributed by atoms with Crippen LogP contribution in [0.5, 0.6) is 0 Å². The summed E-state index contributed by atoms with van der Waals surface area (Å²) in [5, 5.41) is 0.541. The smallest absolute Gasteiger partial charge is 0.248 e. The number of carbonyl (C=O) groups excluding carboxylic acids is 3. The molecule has 6 nitrogen and oxygen atoms in total. The maximum absolute atomic E-state index is 12.7. The minimum Gasteiger partial charge on any atom is -0.330 e. The summed E-state index contributed by atoms with van der Waals surface area (Å²) in [4.78, 5) is 42.3. The predicted octanol–water partition coefficient (Wildman–Crippen LogP) is 2.51. The molecule has 1 saturated heterocycles. The van der Waals surface area contributed by atoms with Gasteiger partial charge < -0.3 is 9.80 Å². The normalized spacial score (nSPS) is 18.2. The quantitative estimate of drug-likeness (QED) is 0.765. The summed E-state index contributed by atoms with van der Waals surface area (Å²) >= 11 is 6.00. The first-order valence-electron chi connectivity index (χ1n) is 9.05. The third-order valence-corrected chi connectivity index (χ3v) is 5.26. The van der Waals surface area contributed by atoms with Gasteiger partial charge in [-0.2, -0.15) is 0 Å². The Balaban J connectivity index is 1.66. The summed E-state index contributed by atoms with van der Waals surface area (Å²) < 4.78 is 0. The molecular weight excluding hydrogens is 354 g/mol. The van der Waals surface area contributed by atoms with Crippen molar-refractivity contribution in [1.29, 1.82) is 0 Å². The highest BCUT2D eigenvalue weighted by molar-refractivity contribution is 6.31. The number of amides is 3. The highest BCUT2D eigenvalue weighted by Gasteiger charge is 2.38. The fourth-order valence-electron chi connectivity index (χ4n) is 3.06. The van der Waals surface area contributed by atoms with E-state index in [-0.39, 0.29) is 49.4 Å². The molecule has 0 N–H and O–H groups in total. The Morgan fingerprint density at radius 3 is 2.69 bits per heavy atom. The van der Waals surface area contributed by atoms with Gasteiger partial charge in [0.05, 0.1) is 0 Å². The number of carbonyl (C=O) groups is 3. The summed E-state index contributed by atoms with van der Waals surface area (Å²) in [6.45, 7) is 4.12. The zero-order valence-electron chi connectivity index (χ0n) is 15.2. The molecule has 140 valence electrons. The number of rotatable bonds is 6. The molecule has 0 unspecified atom stereocenters. The molecule has 1 heterocycles. The number of benzene rings is 1. The third-order valence-electron chi connectivity index (χ3n) is 5.02. The fraction of sp³-hybridized carbons (Fsp3) is 0.526. The number of anilines is 1. The SMILES string of the molecule is CC[C@H](C)C(=O)N(CC(=O)N1CC(=O)N(c2cccc(Cl)c2)C1)C1CC1. The van der Waals surface area contributed by atoms with Gasteiger partial charge in [0.2, 0.25) is 17.7 Å². The van der Waals surface area contributed by atoms with Crippen molar-refractivity contribution in [3.8, 4) is 0 Å². The van der Waals surface area contributed by atoms with Crippen molar-refractivity contribution in [2.45, 2.75) is 39.2 Å². The molecule has 1 aromatic rings. The maximum Gasteiger partial charge on any atom is 0.248 e. The minimum absolute atomic E-state index is 0.0283. The van der Waals surface area contributed by atoms with Crippen LogP contribution >= 0.6 is 11.6 Å². The Bertz CT molecular complexity index is 720. The molecule has 7 heteroatoms. The molecular formula is C19H24ClN3O3. The minimum atomic E-state index is -0.188. The van der Waals surface area contributed by atoms with Crippen LogP contribution in [0, 0.1) is 5.92 Å². The molecule has 1 aromatic carbocycles. The second kappa shape index (κ2) is 7.66. The molecule has 26 heavy (non-hydrogen) atoms.